The van der Waals surface area contributed by atoms with Crippen molar-refractivity contribution in [3.63, 3.8) is 0 Å². The Labute approximate surface area is 416 Å². The Morgan fingerprint density at radius 3 is 1.18 bits per heavy atom. The fraction of sp³-hybridized carbons (Fsp3) is 0.621. The van der Waals surface area contributed by atoms with Crippen molar-refractivity contribution in [2.45, 2.75) is 187 Å². The first-order valence-corrected chi connectivity index (χ1v) is 27.8. The Morgan fingerprint density at radius 2 is 0.794 bits per heavy atom. The first-order chi connectivity index (χ1) is 33.0. The first-order valence-electron chi connectivity index (χ1n) is 26.3. The Hall–Kier alpha value is -3.59. The van der Waals surface area contributed by atoms with Crippen LogP contribution in [0.2, 0.25) is 0 Å². The lowest BCUT2D eigenvalue weighted by Crippen LogP contribution is -2.37. The second-order valence-electron chi connectivity index (χ2n) is 18.1. The van der Waals surface area contributed by atoms with Crippen molar-refractivity contribution in [1.29, 1.82) is 0 Å². The average Bonchev–Trinajstić information content (AvgIpc) is 3.30. The van der Waals surface area contributed by atoms with Gasteiger partial charge in [-0.05, 0) is 103 Å². The largest absolute Gasteiger partial charge is 0.472 e. The Kier molecular flexibility index (Phi) is 45.9. The van der Waals surface area contributed by atoms with E-state index < -0.39 is 32.5 Å². The summed E-state index contributed by atoms with van der Waals surface area (Å²) in [5.74, 6) is -0.846. The molecule has 0 spiro atoms. The molecule has 68 heavy (non-hydrogen) atoms. The predicted octanol–water partition coefficient (Wildman–Crippen LogP) is 16.0. The van der Waals surface area contributed by atoms with Gasteiger partial charge in [-0.2, -0.15) is 0 Å². The summed E-state index contributed by atoms with van der Waals surface area (Å²) in [6.45, 7) is 4.14. The van der Waals surface area contributed by atoms with Gasteiger partial charge in [0, 0.05) is 12.8 Å². The van der Waals surface area contributed by atoms with Gasteiger partial charge >= 0.3 is 19.8 Å². The Morgan fingerprint density at radius 1 is 0.456 bits per heavy atom. The smallest absolute Gasteiger partial charge is 0.462 e. The molecule has 386 valence electrons. The van der Waals surface area contributed by atoms with Gasteiger partial charge in [-0.25, -0.2) is 4.57 Å². The zero-order valence-corrected chi connectivity index (χ0v) is 44.4. The van der Waals surface area contributed by atoms with Crippen LogP contribution in [0.4, 0.5) is 0 Å². The number of quaternary nitrogens is 1. The number of carbonyl (C=O) groups is 2. The molecule has 0 aliphatic rings. The van der Waals surface area contributed by atoms with E-state index in [4.69, 9.17) is 18.5 Å². The molecule has 0 saturated carbocycles. The molecule has 0 aromatic rings. The van der Waals surface area contributed by atoms with Gasteiger partial charge in [-0.15, -0.1) is 0 Å². The molecule has 0 heterocycles. The van der Waals surface area contributed by atoms with Crippen molar-refractivity contribution in [2.24, 2.45) is 0 Å². The number of likely N-dealkylation sites (N-methyl/N-ethyl adjacent to an activating group) is 1. The third-order valence-corrected chi connectivity index (χ3v) is 11.5. The van der Waals surface area contributed by atoms with E-state index in [1.165, 1.54) is 25.7 Å². The van der Waals surface area contributed by atoms with Gasteiger partial charge in [0.1, 0.15) is 19.8 Å². The minimum atomic E-state index is -4.40. The van der Waals surface area contributed by atoms with Gasteiger partial charge in [0.2, 0.25) is 0 Å². The lowest BCUT2D eigenvalue weighted by atomic mass is 10.1. The van der Waals surface area contributed by atoms with Gasteiger partial charge in [-0.3, -0.25) is 18.6 Å². The maximum absolute atomic E-state index is 12.8. The van der Waals surface area contributed by atoms with Crippen LogP contribution in [-0.2, 0) is 32.7 Å². The molecule has 0 fully saturated rings. The van der Waals surface area contributed by atoms with Crippen LogP contribution >= 0.6 is 7.82 Å². The van der Waals surface area contributed by atoms with Crippen LogP contribution in [-0.4, -0.2) is 74.9 Å². The van der Waals surface area contributed by atoms with Crippen LogP contribution in [0, 0.1) is 0 Å². The number of allylic oxidation sites excluding steroid dienone is 20. The van der Waals surface area contributed by atoms with E-state index in [1.807, 2.05) is 21.1 Å². The number of nitrogens with zero attached hydrogens (tertiary/aromatic N) is 1. The van der Waals surface area contributed by atoms with E-state index in [0.717, 1.165) is 116 Å². The van der Waals surface area contributed by atoms with Gasteiger partial charge in [0.05, 0.1) is 27.7 Å². The van der Waals surface area contributed by atoms with E-state index in [2.05, 4.69) is 135 Å². The monoisotopic (exact) mass is 967 g/mol. The van der Waals surface area contributed by atoms with Crippen molar-refractivity contribution < 1.29 is 42.1 Å². The summed E-state index contributed by atoms with van der Waals surface area (Å²) in [6, 6.07) is 0. The van der Waals surface area contributed by atoms with Gasteiger partial charge in [-0.1, -0.05) is 187 Å². The molecule has 9 nitrogen and oxygen atoms in total. The SMILES string of the molecule is CC/C=C\C/C=C\C/C=C\C/C=C\C/C=C\C/C=C\CCCCCCCCCCC(=O)OC(COC(=O)CCCCCC/C=C\C/C=C\C/C=C\C/C=C\CC)COP(=O)(O)OCC[N+](C)(C)C. The molecule has 1 N–H and O–H groups in total. The highest BCUT2D eigenvalue weighted by Crippen LogP contribution is 2.43. The molecule has 2 unspecified atom stereocenters. The zero-order valence-electron chi connectivity index (χ0n) is 43.5. The molecule has 0 amide bonds. The van der Waals surface area contributed by atoms with Crippen molar-refractivity contribution in [1.82, 2.24) is 0 Å². The number of phosphoric acid groups is 1. The zero-order chi connectivity index (χ0) is 49.9. The topological polar surface area (TPSA) is 108 Å². The summed E-state index contributed by atoms with van der Waals surface area (Å²) in [4.78, 5) is 35.6. The normalized spacial score (nSPS) is 14.4. The number of rotatable bonds is 46. The number of hydrogen-bond acceptors (Lipinski definition) is 7. The number of hydrogen-bond donors (Lipinski definition) is 1. The summed E-state index contributed by atoms with van der Waals surface area (Å²) >= 11 is 0. The maximum atomic E-state index is 12.8. The first kappa shape index (κ1) is 64.4. The molecule has 0 bridgehead atoms. The number of unbranched alkanes of at least 4 members (excludes halogenated alkanes) is 12. The van der Waals surface area contributed by atoms with E-state index in [9.17, 15) is 19.0 Å². The third-order valence-electron chi connectivity index (χ3n) is 10.5. The van der Waals surface area contributed by atoms with Gasteiger partial charge < -0.3 is 18.9 Å². The molecule has 0 radical (unpaired) electrons. The van der Waals surface area contributed by atoms with Crippen LogP contribution in [0.1, 0.15) is 181 Å². The Bertz CT molecular complexity index is 1560. The molecule has 0 aromatic heterocycles. The molecule has 0 aromatic carbocycles. The number of ether oxygens (including phenoxy) is 2. The highest BCUT2D eigenvalue weighted by molar-refractivity contribution is 7.47. The molecular weight excluding hydrogens is 870 g/mol. The predicted molar refractivity (Wildman–Crippen MR) is 288 cm³/mol. The quantitative estimate of drug-likeness (QED) is 0.0211. The Balaban J connectivity index is 4.30. The van der Waals surface area contributed by atoms with Crippen LogP contribution in [0.15, 0.2) is 122 Å². The molecule has 0 rings (SSSR count). The van der Waals surface area contributed by atoms with E-state index in [0.29, 0.717) is 23.9 Å². The van der Waals surface area contributed by atoms with Crippen LogP contribution in [0.5, 0.6) is 0 Å². The summed E-state index contributed by atoms with van der Waals surface area (Å²) in [6.07, 6.45) is 68.2. The minimum absolute atomic E-state index is 0.0183. The lowest BCUT2D eigenvalue weighted by molar-refractivity contribution is -0.870. The lowest BCUT2D eigenvalue weighted by Gasteiger charge is -2.24. The van der Waals surface area contributed by atoms with Crippen molar-refractivity contribution in [3.05, 3.63) is 122 Å². The second-order valence-corrected chi connectivity index (χ2v) is 19.6. The van der Waals surface area contributed by atoms with Gasteiger partial charge in [0.15, 0.2) is 6.10 Å². The summed E-state index contributed by atoms with van der Waals surface area (Å²) in [5, 5.41) is 0. The van der Waals surface area contributed by atoms with E-state index in [1.54, 1.807) is 0 Å². The summed E-state index contributed by atoms with van der Waals surface area (Å²) in [5.41, 5.74) is 0. The number of esters is 2. The number of carbonyl (C=O) groups excluding carboxylic acids is 2. The number of phosphoric ester groups is 1. The van der Waals surface area contributed by atoms with Crippen molar-refractivity contribution in [2.75, 3.05) is 47.5 Å². The van der Waals surface area contributed by atoms with E-state index >= 15 is 0 Å². The van der Waals surface area contributed by atoms with Crippen LogP contribution in [0.3, 0.4) is 0 Å². The molecule has 2 atom stereocenters. The molecule has 0 saturated heterocycles. The summed E-state index contributed by atoms with van der Waals surface area (Å²) in [7, 11) is 1.43. The minimum Gasteiger partial charge on any atom is -0.462 e. The second kappa shape index (κ2) is 48.4. The molecular formula is C58H97NO8P+. The fourth-order valence-electron chi connectivity index (χ4n) is 6.48. The molecule has 10 heteroatoms. The maximum Gasteiger partial charge on any atom is 0.472 e. The molecule has 0 aliphatic carbocycles. The highest BCUT2D eigenvalue weighted by Gasteiger charge is 2.27. The highest BCUT2D eigenvalue weighted by atomic mass is 31.2. The fourth-order valence-corrected chi connectivity index (χ4v) is 7.22. The average molecular weight is 967 g/mol. The van der Waals surface area contributed by atoms with Crippen molar-refractivity contribution >= 4 is 19.8 Å². The van der Waals surface area contributed by atoms with Gasteiger partial charge in [0.25, 0.3) is 0 Å². The molecule has 0 aliphatic heterocycles. The van der Waals surface area contributed by atoms with E-state index in [-0.39, 0.29) is 26.1 Å². The standard InChI is InChI=1S/C58H96NO8P/c1-6-8-10-12-14-16-18-20-22-24-25-26-27-28-29-30-31-32-33-35-37-39-41-43-45-47-49-51-58(61)67-56(55-66-68(62,63)65-53-52-59(3,4)5)54-64-57(60)50-48-46-44-42-40-38-36-34-23-21-19-17-15-13-11-9-7-2/h8-11,14-17,20-23,25-26,28-29,31-32,36,38,56H,6-7,12-13,18-19,24,27,30,33-35,37,39-55H2,1-5H3/p+1/b10-8-,11-9-,16-14-,17-15-,22-20-,23-21-,26-25-,29-28-,32-31-,38-36-. The van der Waals surface area contributed by atoms with Crippen LogP contribution in [0.25, 0.3) is 0 Å². The summed E-state index contributed by atoms with van der Waals surface area (Å²) < 4.78 is 34.4. The third kappa shape index (κ3) is 51.8. The van der Waals surface area contributed by atoms with Crippen molar-refractivity contribution in [3.8, 4) is 0 Å². The van der Waals surface area contributed by atoms with Crippen LogP contribution < -0.4 is 0 Å².